The van der Waals surface area contributed by atoms with Gasteiger partial charge in [0.25, 0.3) is 0 Å². The summed E-state index contributed by atoms with van der Waals surface area (Å²) in [6.45, 7) is 3.04. The van der Waals surface area contributed by atoms with Crippen LogP contribution < -0.4 is 4.90 Å². The molecule has 0 bridgehead atoms. The predicted octanol–water partition coefficient (Wildman–Crippen LogP) is 3.85. The van der Waals surface area contributed by atoms with E-state index in [9.17, 15) is 9.90 Å². The van der Waals surface area contributed by atoms with E-state index in [-0.39, 0.29) is 0 Å². The van der Waals surface area contributed by atoms with Crippen LogP contribution in [0.1, 0.15) is 54.4 Å². The number of aromatic carboxylic acids is 1. The van der Waals surface area contributed by atoms with Crippen LogP contribution in [0.2, 0.25) is 0 Å². The number of hydrogen-bond acceptors (Lipinski definition) is 2. The normalized spacial score (nSPS) is 26.1. The molecule has 108 valence electrons. The second-order valence-corrected chi connectivity index (χ2v) is 6.27. The molecule has 2 unspecified atom stereocenters. The van der Waals surface area contributed by atoms with Crippen LogP contribution in [0.25, 0.3) is 0 Å². The summed E-state index contributed by atoms with van der Waals surface area (Å²) >= 11 is 0. The fourth-order valence-corrected chi connectivity index (χ4v) is 3.98. The molecule has 0 spiro atoms. The zero-order valence-corrected chi connectivity index (χ0v) is 12.1. The van der Waals surface area contributed by atoms with E-state index < -0.39 is 5.97 Å². The smallest absolute Gasteiger partial charge is 0.337 e. The lowest BCUT2D eigenvalue weighted by atomic mass is 9.78. The minimum atomic E-state index is -0.807. The number of piperidine rings is 1. The van der Waals surface area contributed by atoms with Gasteiger partial charge >= 0.3 is 5.97 Å². The monoisotopic (exact) mass is 273 g/mol. The number of carboxylic acid groups (broad SMARTS) is 1. The molecule has 1 saturated heterocycles. The second kappa shape index (κ2) is 5.47. The van der Waals surface area contributed by atoms with Gasteiger partial charge < -0.3 is 10.0 Å². The molecule has 1 aliphatic carbocycles. The van der Waals surface area contributed by atoms with Gasteiger partial charge in [-0.15, -0.1) is 0 Å². The van der Waals surface area contributed by atoms with Crippen molar-refractivity contribution in [1.29, 1.82) is 0 Å². The molecule has 1 heterocycles. The highest BCUT2D eigenvalue weighted by molar-refractivity contribution is 5.94. The average molecular weight is 273 g/mol. The average Bonchev–Trinajstić information content (AvgIpc) is 2.46. The highest BCUT2D eigenvalue weighted by Gasteiger charge is 2.34. The Morgan fingerprint density at radius 2 is 1.95 bits per heavy atom. The number of hydrogen-bond donors (Lipinski definition) is 1. The molecule has 3 heteroatoms. The third-order valence-electron chi connectivity index (χ3n) is 4.94. The highest BCUT2D eigenvalue weighted by Crippen LogP contribution is 2.39. The molecule has 3 nitrogen and oxygen atoms in total. The van der Waals surface area contributed by atoms with Crippen LogP contribution in [0.3, 0.4) is 0 Å². The Kier molecular flexibility index (Phi) is 3.68. The van der Waals surface area contributed by atoms with E-state index in [0.717, 1.165) is 23.7 Å². The van der Waals surface area contributed by atoms with E-state index in [0.29, 0.717) is 11.6 Å². The Morgan fingerprint density at radius 1 is 1.20 bits per heavy atom. The standard InChI is InChI=1S/C17H23NO2/c1-12-8-9-14(17(19)20)16(11-12)18-10-4-6-13-5-2-3-7-15(13)18/h8-9,11,13,15H,2-7,10H2,1H3,(H,19,20). The molecule has 20 heavy (non-hydrogen) atoms. The third kappa shape index (κ3) is 2.41. The number of fused-ring (bicyclic) bond motifs is 1. The van der Waals surface area contributed by atoms with Gasteiger partial charge in [0.15, 0.2) is 0 Å². The minimum Gasteiger partial charge on any atom is -0.478 e. The van der Waals surface area contributed by atoms with Crippen molar-refractivity contribution in [2.45, 2.75) is 51.5 Å². The van der Waals surface area contributed by atoms with Gasteiger partial charge in [-0.05, 0) is 56.2 Å². The van der Waals surface area contributed by atoms with Crippen LogP contribution in [0.5, 0.6) is 0 Å². The Bertz CT molecular complexity index is 510. The first-order valence-corrected chi connectivity index (χ1v) is 7.77. The number of aryl methyl sites for hydroxylation is 1. The number of rotatable bonds is 2. The topological polar surface area (TPSA) is 40.5 Å². The summed E-state index contributed by atoms with van der Waals surface area (Å²) in [4.78, 5) is 13.9. The fourth-order valence-electron chi connectivity index (χ4n) is 3.98. The number of carboxylic acids is 1. The summed E-state index contributed by atoms with van der Waals surface area (Å²) in [6, 6.07) is 6.27. The van der Waals surface area contributed by atoms with Crippen LogP contribution in [-0.2, 0) is 0 Å². The molecule has 1 saturated carbocycles. The van der Waals surface area contributed by atoms with Gasteiger partial charge in [-0.1, -0.05) is 18.9 Å². The zero-order valence-electron chi connectivity index (χ0n) is 12.1. The summed E-state index contributed by atoms with van der Waals surface area (Å²) in [5, 5.41) is 9.46. The molecule has 3 rings (SSSR count). The lowest BCUT2D eigenvalue weighted by Gasteiger charge is -2.46. The molecule has 1 aromatic carbocycles. The van der Waals surface area contributed by atoms with Crippen molar-refractivity contribution in [3.05, 3.63) is 29.3 Å². The van der Waals surface area contributed by atoms with E-state index in [1.54, 1.807) is 6.07 Å². The summed E-state index contributed by atoms with van der Waals surface area (Å²) in [5.41, 5.74) is 2.54. The maximum Gasteiger partial charge on any atom is 0.337 e. The number of benzene rings is 1. The van der Waals surface area contributed by atoms with Gasteiger partial charge in [0, 0.05) is 12.6 Å². The van der Waals surface area contributed by atoms with Crippen LogP contribution in [0, 0.1) is 12.8 Å². The Morgan fingerprint density at radius 3 is 2.75 bits per heavy atom. The van der Waals surface area contributed by atoms with Gasteiger partial charge in [-0.3, -0.25) is 0 Å². The van der Waals surface area contributed by atoms with Crippen molar-refractivity contribution in [3.8, 4) is 0 Å². The summed E-state index contributed by atoms with van der Waals surface area (Å²) in [6.07, 6.45) is 7.66. The van der Waals surface area contributed by atoms with Gasteiger partial charge in [0.05, 0.1) is 11.3 Å². The van der Waals surface area contributed by atoms with E-state index >= 15 is 0 Å². The maximum absolute atomic E-state index is 11.5. The molecule has 2 atom stereocenters. The molecule has 0 radical (unpaired) electrons. The molecule has 1 aliphatic heterocycles. The molecular formula is C17H23NO2. The highest BCUT2D eigenvalue weighted by atomic mass is 16.4. The van der Waals surface area contributed by atoms with E-state index in [2.05, 4.69) is 11.0 Å². The number of carbonyl (C=O) groups is 1. The van der Waals surface area contributed by atoms with Gasteiger partial charge in [-0.25, -0.2) is 4.79 Å². The molecule has 1 aromatic rings. The lowest BCUT2D eigenvalue weighted by molar-refractivity contribution is 0.0697. The first kappa shape index (κ1) is 13.5. The summed E-state index contributed by atoms with van der Waals surface area (Å²) < 4.78 is 0. The van der Waals surface area contributed by atoms with E-state index in [1.807, 2.05) is 13.0 Å². The number of nitrogens with zero attached hydrogens (tertiary/aromatic N) is 1. The van der Waals surface area contributed by atoms with Crippen molar-refractivity contribution in [2.24, 2.45) is 5.92 Å². The molecular weight excluding hydrogens is 250 g/mol. The second-order valence-electron chi connectivity index (χ2n) is 6.27. The van der Waals surface area contributed by atoms with Gasteiger partial charge in [0.1, 0.15) is 0 Å². The largest absolute Gasteiger partial charge is 0.478 e. The zero-order chi connectivity index (χ0) is 14.1. The Labute approximate surface area is 120 Å². The van der Waals surface area contributed by atoms with Gasteiger partial charge in [0.2, 0.25) is 0 Å². The quantitative estimate of drug-likeness (QED) is 0.889. The summed E-state index contributed by atoms with van der Waals surface area (Å²) in [7, 11) is 0. The minimum absolute atomic E-state index is 0.460. The lowest BCUT2D eigenvalue weighted by Crippen LogP contribution is -2.47. The van der Waals surface area contributed by atoms with Crippen molar-refractivity contribution in [3.63, 3.8) is 0 Å². The van der Waals surface area contributed by atoms with Crippen LogP contribution in [0.4, 0.5) is 5.69 Å². The van der Waals surface area contributed by atoms with Gasteiger partial charge in [-0.2, -0.15) is 0 Å². The van der Waals surface area contributed by atoms with Crippen molar-refractivity contribution < 1.29 is 9.90 Å². The third-order valence-corrected chi connectivity index (χ3v) is 4.94. The van der Waals surface area contributed by atoms with Crippen LogP contribution >= 0.6 is 0 Å². The van der Waals surface area contributed by atoms with Crippen LogP contribution in [-0.4, -0.2) is 23.7 Å². The van der Waals surface area contributed by atoms with E-state index in [4.69, 9.17) is 0 Å². The molecule has 2 fully saturated rings. The fraction of sp³-hybridized carbons (Fsp3) is 0.588. The van der Waals surface area contributed by atoms with Crippen molar-refractivity contribution >= 4 is 11.7 Å². The predicted molar refractivity (Wildman–Crippen MR) is 80.5 cm³/mol. The molecule has 2 aliphatic rings. The first-order valence-electron chi connectivity index (χ1n) is 7.77. The maximum atomic E-state index is 11.5. The Balaban J connectivity index is 1.98. The molecule has 1 N–H and O–H groups in total. The van der Waals surface area contributed by atoms with Crippen molar-refractivity contribution in [1.82, 2.24) is 0 Å². The van der Waals surface area contributed by atoms with E-state index in [1.165, 1.54) is 38.5 Å². The van der Waals surface area contributed by atoms with Crippen molar-refractivity contribution in [2.75, 3.05) is 11.4 Å². The summed E-state index contributed by atoms with van der Waals surface area (Å²) in [5.74, 6) is -0.0439. The van der Waals surface area contributed by atoms with Crippen LogP contribution in [0.15, 0.2) is 18.2 Å². The molecule has 0 amide bonds. The first-order chi connectivity index (χ1) is 9.66. The Hall–Kier alpha value is -1.51. The molecule has 0 aromatic heterocycles. The SMILES string of the molecule is Cc1ccc(C(=O)O)c(N2CCCC3CCCCC32)c1. The number of anilines is 1.